The normalized spacial score (nSPS) is 20.3. The first-order valence-corrected chi connectivity index (χ1v) is 9.49. The van der Waals surface area contributed by atoms with Gasteiger partial charge in [0.2, 0.25) is 17.7 Å². The largest absolute Gasteiger partial charge is 0.441 e. The number of nitrogens with one attached hydrogen (secondary N) is 1. The molecule has 1 fully saturated rings. The highest BCUT2D eigenvalue weighted by molar-refractivity contribution is 5.89. The van der Waals surface area contributed by atoms with E-state index in [-0.39, 0.29) is 24.3 Å². The summed E-state index contributed by atoms with van der Waals surface area (Å²) in [4.78, 5) is 33.5. The number of fused-ring (bicyclic) bond motifs is 1. The molecule has 0 radical (unpaired) electrons. The predicted octanol–water partition coefficient (Wildman–Crippen LogP) is 1.44. The summed E-state index contributed by atoms with van der Waals surface area (Å²) < 4.78 is 5.90. The van der Waals surface area contributed by atoms with Crippen molar-refractivity contribution < 1.29 is 14.0 Å². The standard InChI is InChI=1S/C20H24N4O3/c1-2-23-11-9-21-19(26)16(23)12-18(25)24-10-8-17-15(13-24)22-20(27-17)14-6-4-3-5-7-14/h3-7,16H,2,8-13H2,1H3,(H,21,26). The number of hydrogen-bond donors (Lipinski definition) is 1. The lowest BCUT2D eigenvalue weighted by molar-refractivity contribution is -0.139. The van der Waals surface area contributed by atoms with Crippen LogP contribution < -0.4 is 5.32 Å². The molecule has 0 saturated carbocycles. The van der Waals surface area contributed by atoms with Crippen molar-refractivity contribution in [2.24, 2.45) is 0 Å². The van der Waals surface area contributed by atoms with Crippen molar-refractivity contribution in [2.45, 2.75) is 32.4 Å². The van der Waals surface area contributed by atoms with Gasteiger partial charge in [-0.1, -0.05) is 25.1 Å². The summed E-state index contributed by atoms with van der Waals surface area (Å²) >= 11 is 0. The number of carbonyl (C=O) groups is 2. The van der Waals surface area contributed by atoms with Gasteiger partial charge in [-0.2, -0.15) is 0 Å². The number of aromatic nitrogens is 1. The molecule has 1 atom stereocenters. The molecule has 0 aliphatic carbocycles. The van der Waals surface area contributed by atoms with E-state index in [9.17, 15) is 9.59 Å². The van der Waals surface area contributed by atoms with Crippen LogP contribution in [-0.4, -0.2) is 58.8 Å². The summed E-state index contributed by atoms with van der Waals surface area (Å²) in [7, 11) is 0. The van der Waals surface area contributed by atoms with Crippen molar-refractivity contribution in [3.8, 4) is 11.5 Å². The zero-order valence-electron chi connectivity index (χ0n) is 15.5. The van der Waals surface area contributed by atoms with E-state index in [0.717, 1.165) is 30.1 Å². The second-order valence-corrected chi connectivity index (χ2v) is 6.96. The second kappa shape index (κ2) is 7.52. The molecular weight excluding hydrogens is 344 g/mol. The Hall–Kier alpha value is -2.67. The number of benzene rings is 1. The van der Waals surface area contributed by atoms with E-state index >= 15 is 0 Å². The van der Waals surface area contributed by atoms with Crippen LogP contribution in [0.2, 0.25) is 0 Å². The van der Waals surface area contributed by atoms with Crippen LogP contribution in [0.15, 0.2) is 34.7 Å². The summed E-state index contributed by atoms with van der Waals surface area (Å²) in [6, 6.07) is 9.39. The number of likely N-dealkylation sites (N-methyl/N-ethyl adjacent to an activating group) is 1. The Balaban J connectivity index is 1.45. The van der Waals surface area contributed by atoms with Gasteiger partial charge < -0.3 is 14.6 Å². The Morgan fingerprint density at radius 1 is 1.30 bits per heavy atom. The van der Waals surface area contributed by atoms with Crippen molar-refractivity contribution in [1.29, 1.82) is 0 Å². The molecule has 0 bridgehead atoms. The van der Waals surface area contributed by atoms with Crippen LogP contribution in [0.3, 0.4) is 0 Å². The third-order valence-electron chi connectivity index (χ3n) is 5.32. The molecule has 1 aromatic heterocycles. The lowest BCUT2D eigenvalue weighted by atomic mass is 10.1. The molecule has 2 aromatic rings. The quantitative estimate of drug-likeness (QED) is 0.883. The highest BCUT2D eigenvalue weighted by Gasteiger charge is 2.33. The number of hydrogen-bond acceptors (Lipinski definition) is 5. The molecule has 1 unspecified atom stereocenters. The summed E-state index contributed by atoms with van der Waals surface area (Å²) in [5.41, 5.74) is 1.75. The minimum Gasteiger partial charge on any atom is -0.441 e. The monoisotopic (exact) mass is 368 g/mol. The summed E-state index contributed by atoms with van der Waals surface area (Å²) in [5, 5.41) is 2.86. The van der Waals surface area contributed by atoms with Gasteiger partial charge in [0.05, 0.1) is 19.0 Å². The van der Waals surface area contributed by atoms with Crippen LogP contribution in [0.5, 0.6) is 0 Å². The third kappa shape index (κ3) is 3.60. The van der Waals surface area contributed by atoms with Crippen molar-refractivity contribution in [3.05, 3.63) is 41.8 Å². The molecule has 4 rings (SSSR count). The van der Waals surface area contributed by atoms with Crippen molar-refractivity contribution >= 4 is 11.8 Å². The average molecular weight is 368 g/mol. The van der Waals surface area contributed by atoms with Gasteiger partial charge in [-0.05, 0) is 18.7 Å². The Labute approximate surface area is 158 Å². The fourth-order valence-electron chi connectivity index (χ4n) is 3.77. The van der Waals surface area contributed by atoms with Crippen molar-refractivity contribution in [3.63, 3.8) is 0 Å². The van der Waals surface area contributed by atoms with Gasteiger partial charge >= 0.3 is 0 Å². The van der Waals surface area contributed by atoms with Crippen LogP contribution in [-0.2, 0) is 22.6 Å². The Morgan fingerprint density at radius 3 is 2.89 bits per heavy atom. The summed E-state index contributed by atoms with van der Waals surface area (Å²) in [6.07, 6.45) is 0.855. The molecule has 1 N–H and O–H groups in total. The third-order valence-corrected chi connectivity index (χ3v) is 5.32. The summed E-state index contributed by atoms with van der Waals surface area (Å²) in [6.45, 7) is 5.24. The fraction of sp³-hybridized carbons (Fsp3) is 0.450. The van der Waals surface area contributed by atoms with E-state index < -0.39 is 0 Å². The first-order chi connectivity index (χ1) is 13.2. The number of amides is 2. The van der Waals surface area contributed by atoms with E-state index in [1.54, 1.807) is 4.90 Å². The van der Waals surface area contributed by atoms with E-state index in [0.29, 0.717) is 31.9 Å². The lowest BCUT2D eigenvalue weighted by Crippen LogP contribution is -2.56. The second-order valence-electron chi connectivity index (χ2n) is 6.96. The molecule has 0 spiro atoms. The number of oxazole rings is 1. The van der Waals surface area contributed by atoms with E-state index in [1.165, 1.54) is 0 Å². The number of rotatable bonds is 4. The van der Waals surface area contributed by atoms with Gasteiger partial charge in [-0.15, -0.1) is 0 Å². The highest BCUT2D eigenvalue weighted by atomic mass is 16.4. The van der Waals surface area contributed by atoms with Gasteiger partial charge in [0.1, 0.15) is 11.5 Å². The number of nitrogens with zero attached hydrogens (tertiary/aromatic N) is 3. The Bertz CT molecular complexity index is 833. The number of piperazine rings is 1. The number of carbonyl (C=O) groups excluding carboxylic acids is 2. The topological polar surface area (TPSA) is 78.7 Å². The summed E-state index contributed by atoms with van der Waals surface area (Å²) in [5.74, 6) is 1.38. The van der Waals surface area contributed by atoms with Gasteiger partial charge in [0.15, 0.2) is 0 Å². The van der Waals surface area contributed by atoms with Gasteiger partial charge in [-0.3, -0.25) is 14.5 Å². The van der Waals surface area contributed by atoms with E-state index in [4.69, 9.17) is 4.42 Å². The minimum absolute atomic E-state index is 0.00888. The molecule has 7 heteroatoms. The van der Waals surface area contributed by atoms with Crippen LogP contribution in [0.1, 0.15) is 24.8 Å². The maximum absolute atomic E-state index is 12.8. The first-order valence-electron chi connectivity index (χ1n) is 9.49. The van der Waals surface area contributed by atoms with E-state index in [1.807, 2.05) is 37.3 Å². The molecule has 2 amide bonds. The van der Waals surface area contributed by atoms with Gasteiger partial charge in [0.25, 0.3) is 0 Å². The fourth-order valence-corrected chi connectivity index (χ4v) is 3.77. The molecule has 2 aliphatic rings. The van der Waals surface area contributed by atoms with Crippen LogP contribution in [0.4, 0.5) is 0 Å². The molecule has 27 heavy (non-hydrogen) atoms. The maximum Gasteiger partial charge on any atom is 0.237 e. The Kier molecular flexibility index (Phi) is 4.94. The molecule has 7 nitrogen and oxygen atoms in total. The molecular formula is C20H24N4O3. The first kappa shape index (κ1) is 17.7. The van der Waals surface area contributed by atoms with Gasteiger partial charge in [0, 0.05) is 31.6 Å². The van der Waals surface area contributed by atoms with Crippen molar-refractivity contribution in [1.82, 2.24) is 20.1 Å². The smallest absolute Gasteiger partial charge is 0.237 e. The minimum atomic E-state index is -0.380. The van der Waals surface area contributed by atoms with Crippen molar-refractivity contribution in [2.75, 3.05) is 26.2 Å². The predicted molar refractivity (Wildman–Crippen MR) is 99.7 cm³/mol. The van der Waals surface area contributed by atoms with Crippen LogP contribution in [0.25, 0.3) is 11.5 Å². The SMILES string of the molecule is CCN1CCNC(=O)C1CC(=O)N1CCc2oc(-c3ccccc3)nc2C1. The Morgan fingerprint density at radius 2 is 2.11 bits per heavy atom. The zero-order valence-corrected chi connectivity index (χ0v) is 15.5. The average Bonchev–Trinajstić information content (AvgIpc) is 3.13. The zero-order chi connectivity index (χ0) is 18.8. The molecule has 2 aliphatic heterocycles. The molecule has 1 aromatic carbocycles. The van der Waals surface area contributed by atoms with E-state index in [2.05, 4.69) is 15.2 Å². The van der Waals surface area contributed by atoms with Gasteiger partial charge in [-0.25, -0.2) is 4.98 Å². The van der Waals surface area contributed by atoms with Crippen LogP contribution in [0, 0.1) is 0 Å². The maximum atomic E-state index is 12.8. The molecule has 3 heterocycles. The van der Waals surface area contributed by atoms with Crippen LogP contribution >= 0.6 is 0 Å². The molecule has 142 valence electrons. The highest BCUT2D eigenvalue weighted by Crippen LogP contribution is 2.26. The molecule has 1 saturated heterocycles. The lowest BCUT2D eigenvalue weighted by Gasteiger charge is -2.35.